The van der Waals surface area contributed by atoms with Gasteiger partial charge in [0.05, 0.1) is 0 Å². The van der Waals surface area contributed by atoms with Gasteiger partial charge in [0.2, 0.25) is 5.91 Å². The molecule has 1 N–H and O–H groups in total. The molecule has 0 saturated heterocycles. The van der Waals surface area contributed by atoms with E-state index in [1.54, 1.807) is 34.7 Å². The van der Waals surface area contributed by atoms with Gasteiger partial charge in [0.25, 0.3) is 0 Å². The van der Waals surface area contributed by atoms with Crippen molar-refractivity contribution in [2.24, 2.45) is 0 Å². The lowest BCUT2D eigenvalue weighted by Gasteiger charge is -2.29. The smallest absolute Gasteiger partial charge is 0.410 e. The molecule has 26 heavy (non-hydrogen) atoms. The van der Waals surface area contributed by atoms with Crippen molar-refractivity contribution in [2.45, 2.75) is 78.9 Å². The number of anilines is 1. The highest BCUT2D eigenvalue weighted by Crippen LogP contribution is 2.32. The van der Waals surface area contributed by atoms with Gasteiger partial charge >= 0.3 is 6.09 Å². The molecule has 0 heterocycles. The zero-order valence-electron chi connectivity index (χ0n) is 17.6. The first-order chi connectivity index (χ1) is 11.8. The molecule has 146 valence electrons. The number of hydrogen-bond donors (Lipinski definition) is 1. The molecule has 5 nitrogen and oxygen atoms in total. The van der Waals surface area contributed by atoms with Crippen molar-refractivity contribution in [1.29, 1.82) is 0 Å². The van der Waals surface area contributed by atoms with Gasteiger partial charge in [-0.1, -0.05) is 45.9 Å². The summed E-state index contributed by atoms with van der Waals surface area (Å²) >= 11 is 0. The molecule has 0 aliphatic rings. The van der Waals surface area contributed by atoms with Crippen molar-refractivity contribution in [2.75, 3.05) is 12.4 Å². The molecule has 0 bridgehead atoms. The van der Waals surface area contributed by atoms with Crippen LogP contribution < -0.4 is 5.32 Å². The average Bonchev–Trinajstić information content (AvgIpc) is 2.51. The zero-order chi connectivity index (χ0) is 20.2. The SMILES string of the molecule is CC(C)c1cccc(C(C)C)c1NC(=O)C(C)N(C)C(=O)OC(C)(C)C. The van der Waals surface area contributed by atoms with Crippen LogP contribution in [0.3, 0.4) is 0 Å². The van der Waals surface area contributed by atoms with Crippen molar-refractivity contribution < 1.29 is 14.3 Å². The number of benzene rings is 1. The predicted molar refractivity (Wildman–Crippen MR) is 107 cm³/mol. The van der Waals surface area contributed by atoms with Gasteiger partial charge in [0.15, 0.2) is 0 Å². The highest BCUT2D eigenvalue weighted by Gasteiger charge is 2.28. The fourth-order valence-corrected chi connectivity index (χ4v) is 2.59. The number of likely N-dealkylation sites (N-methyl/N-ethyl adjacent to an activating group) is 1. The van der Waals surface area contributed by atoms with E-state index in [1.807, 2.05) is 18.2 Å². The number of carbonyl (C=O) groups is 2. The minimum atomic E-state index is -0.648. The fraction of sp³-hybridized carbons (Fsp3) is 0.619. The van der Waals surface area contributed by atoms with Gasteiger partial charge in [0.1, 0.15) is 11.6 Å². The van der Waals surface area contributed by atoms with E-state index in [9.17, 15) is 9.59 Å². The molecule has 0 saturated carbocycles. The second-order valence-corrected chi connectivity index (χ2v) is 8.38. The van der Waals surface area contributed by atoms with E-state index in [0.29, 0.717) is 0 Å². The van der Waals surface area contributed by atoms with Gasteiger partial charge in [0, 0.05) is 12.7 Å². The van der Waals surface area contributed by atoms with Gasteiger partial charge in [-0.25, -0.2) is 4.79 Å². The van der Waals surface area contributed by atoms with Crippen LogP contribution in [-0.2, 0) is 9.53 Å². The highest BCUT2D eigenvalue weighted by molar-refractivity contribution is 5.97. The average molecular weight is 363 g/mol. The van der Waals surface area contributed by atoms with Crippen LogP contribution in [-0.4, -0.2) is 35.6 Å². The fourth-order valence-electron chi connectivity index (χ4n) is 2.59. The Balaban J connectivity index is 3.05. The molecule has 2 amide bonds. The number of hydrogen-bond acceptors (Lipinski definition) is 3. The van der Waals surface area contributed by atoms with Gasteiger partial charge in [-0.15, -0.1) is 0 Å². The Hall–Kier alpha value is -2.04. The molecule has 1 rings (SSSR count). The van der Waals surface area contributed by atoms with E-state index in [2.05, 4.69) is 33.0 Å². The van der Waals surface area contributed by atoms with E-state index >= 15 is 0 Å². The summed E-state index contributed by atoms with van der Waals surface area (Å²) in [6, 6.07) is 5.45. The number of nitrogens with zero attached hydrogens (tertiary/aromatic N) is 1. The predicted octanol–water partition coefficient (Wildman–Crippen LogP) is 5.13. The molecule has 0 aromatic heterocycles. The molecule has 1 aromatic carbocycles. The molecule has 1 aromatic rings. The number of rotatable bonds is 5. The first kappa shape index (κ1) is 22.0. The van der Waals surface area contributed by atoms with E-state index in [-0.39, 0.29) is 17.7 Å². The van der Waals surface area contributed by atoms with E-state index in [4.69, 9.17) is 4.74 Å². The summed E-state index contributed by atoms with van der Waals surface area (Å²) < 4.78 is 5.35. The maximum atomic E-state index is 12.8. The molecular weight excluding hydrogens is 328 g/mol. The van der Waals surface area contributed by atoms with Gasteiger partial charge in [-0.05, 0) is 50.7 Å². The number of carbonyl (C=O) groups excluding carboxylic acids is 2. The lowest BCUT2D eigenvalue weighted by Crippen LogP contribution is -2.45. The van der Waals surface area contributed by atoms with E-state index < -0.39 is 17.7 Å². The Morgan fingerprint density at radius 2 is 1.46 bits per heavy atom. The van der Waals surface area contributed by atoms with Crippen LogP contribution in [0, 0.1) is 0 Å². The number of ether oxygens (including phenoxy) is 1. The lowest BCUT2D eigenvalue weighted by atomic mass is 9.92. The third-order valence-electron chi connectivity index (χ3n) is 4.26. The molecule has 0 aliphatic heterocycles. The van der Waals surface area contributed by atoms with Crippen LogP contribution in [0.1, 0.15) is 78.4 Å². The lowest BCUT2D eigenvalue weighted by molar-refractivity contribution is -0.120. The van der Waals surface area contributed by atoms with Crippen LogP contribution in [0.15, 0.2) is 18.2 Å². The quantitative estimate of drug-likeness (QED) is 0.790. The van der Waals surface area contributed by atoms with Crippen LogP contribution >= 0.6 is 0 Å². The minimum Gasteiger partial charge on any atom is -0.444 e. The molecular formula is C21H34N2O3. The van der Waals surface area contributed by atoms with Crippen LogP contribution in [0.4, 0.5) is 10.5 Å². The van der Waals surface area contributed by atoms with Crippen molar-refractivity contribution in [1.82, 2.24) is 4.90 Å². The molecule has 0 aliphatic carbocycles. The van der Waals surface area contributed by atoms with Crippen molar-refractivity contribution in [3.05, 3.63) is 29.3 Å². The van der Waals surface area contributed by atoms with E-state index in [1.165, 1.54) is 4.90 Å². The summed E-state index contributed by atoms with van der Waals surface area (Å²) in [6.07, 6.45) is -0.513. The Morgan fingerprint density at radius 3 is 1.85 bits per heavy atom. The topological polar surface area (TPSA) is 58.6 Å². The minimum absolute atomic E-state index is 0.228. The van der Waals surface area contributed by atoms with Crippen LogP contribution in [0.25, 0.3) is 0 Å². The van der Waals surface area contributed by atoms with E-state index in [0.717, 1.165) is 16.8 Å². The molecule has 1 unspecified atom stereocenters. The maximum Gasteiger partial charge on any atom is 0.410 e. The summed E-state index contributed by atoms with van der Waals surface area (Å²) in [5.74, 6) is 0.333. The molecule has 1 atom stereocenters. The van der Waals surface area contributed by atoms with Gasteiger partial charge < -0.3 is 10.1 Å². The normalized spacial score (nSPS) is 12.9. The highest BCUT2D eigenvalue weighted by atomic mass is 16.6. The zero-order valence-corrected chi connectivity index (χ0v) is 17.6. The number of para-hydroxylation sites is 1. The standard InChI is InChI=1S/C21H34N2O3/c1-13(2)16-11-10-12-17(14(3)4)18(16)22-19(24)15(5)23(9)20(25)26-21(6,7)8/h10-15H,1-9H3,(H,22,24). The third-order valence-corrected chi connectivity index (χ3v) is 4.26. The third kappa shape index (κ3) is 5.75. The van der Waals surface area contributed by atoms with Gasteiger partial charge in [-0.3, -0.25) is 9.69 Å². The molecule has 5 heteroatoms. The Kier molecular flexibility index (Phi) is 7.25. The summed E-state index contributed by atoms with van der Waals surface area (Å²) in [5, 5.41) is 3.05. The number of nitrogens with one attached hydrogen (secondary N) is 1. The summed E-state index contributed by atoms with van der Waals surface area (Å²) in [7, 11) is 1.58. The van der Waals surface area contributed by atoms with Gasteiger partial charge in [-0.2, -0.15) is 0 Å². The summed E-state index contributed by atoms with van der Waals surface area (Å²) in [5.41, 5.74) is 2.44. The Labute approximate surface area is 158 Å². The summed E-state index contributed by atoms with van der Waals surface area (Å²) in [4.78, 5) is 26.4. The van der Waals surface area contributed by atoms with Crippen molar-refractivity contribution in [3.63, 3.8) is 0 Å². The monoisotopic (exact) mass is 362 g/mol. The second kappa shape index (κ2) is 8.56. The number of amides is 2. The first-order valence-electron chi connectivity index (χ1n) is 9.24. The van der Waals surface area contributed by atoms with Crippen LogP contribution in [0.5, 0.6) is 0 Å². The first-order valence-corrected chi connectivity index (χ1v) is 9.24. The second-order valence-electron chi connectivity index (χ2n) is 8.38. The molecule has 0 fully saturated rings. The Morgan fingerprint density at radius 1 is 1.00 bits per heavy atom. The van der Waals surface area contributed by atoms with Crippen molar-refractivity contribution >= 4 is 17.7 Å². The summed E-state index contributed by atoms with van der Waals surface area (Å²) in [6.45, 7) is 15.5. The largest absolute Gasteiger partial charge is 0.444 e. The van der Waals surface area contributed by atoms with Crippen LogP contribution in [0.2, 0.25) is 0 Å². The molecule has 0 radical (unpaired) electrons. The Bertz CT molecular complexity index is 619. The maximum absolute atomic E-state index is 12.8. The molecule has 0 spiro atoms. The van der Waals surface area contributed by atoms with Crippen molar-refractivity contribution in [3.8, 4) is 0 Å².